The molecule has 0 fully saturated rings. The Hall–Kier alpha value is -2.87. The fraction of sp³-hybridized carbons (Fsp3) is 0.0952. The zero-order chi connectivity index (χ0) is 20.6. The molecule has 1 unspecified atom stereocenters. The van der Waals surface area contributed by atoms with Crippen molar-refractivity contribution in [3.63, 3.8) is 0 Å². The lowest BCUT2D eigenvalue weighted by Gasteiger charge is -2.15. The van der Waals surface area contributed by atoms with Crippen LogP contribution in [0.1, 0.15) is 5.56 Å². The fourth-order valence-corrected chi connectivity index (χ4v) is 4.50. The third-order valence-electron chi connectivity index (χ3n) is 4.61. The minimum Gasteiger partial charge on any atom is -0.480 e. The summed E-state index contributed by atoms with van der Waals surface area (Å²) in [5.74, 6) is -1.27. The molecule has 0 radical (unpaired) electrons. The molecule has 3 aromatic carbocycles. The first-order valence-electron chi connectivity index (χ1n) is 8.74. The van der Waals surface area contributed by atoms with E-state index in [1.54, 1.807) is 36.4 Å². The molecule has 1 heterocycles. The number of rotatable bonds is 6. The molecule has 0 bridgehead atoms. The summed E-state index contributed by atoms with van der Waals surface area (Å²) in [6.07, 6.45) is -0.0113. The Bertz CT molecular complexity index is 1310. The van der Waals surface area contributed by atoms with Gasteiger partial charge in [0.1, 0.15) is 17.2 Å². The van der Waals surface area contributed by atoms with Gasteiger partial charge in [-0.1, -0.05) is 41.9 Å². The summed E-state index contributed by atoms with van der Waals surface area (Å²) in [6.45, 7) is 0. The van der Waals surface area contributed by atoms with E-state index in [1.807, 2.05) is 18.2 Å². The molecular weight excluding hydrogens is 414 g/mol. The average molecular weight is 430 g/mol. The maximum Gasteiger partial charge on any atom is 0.322 e. The van der Waals surface area contributed by atoms with Crippen molar-refractivity contribution < 1.29 is 22.7 Å². The smallest absolute Gasteiger partial charge is 0.322 e. The second-order valence-corrected chi connectivity index (χ2v) is 8.75. The number of hydrogen-bond acceptors (Lipinski definition) is 4. The quantitative estimate of drug-likeness (QED) is 0.478. The van der Waals surface area contributed by atoms with E-state index in [-0.39, 0.29) is 11.3 Å². The average Bonchev–Trinajstić information content (AvgIpc) is 3.07. The van der Waals surface area contributed by atoms with Crippen molar-refractivity contribution in [3.05, 3.63) is 77.3 Å². The Morgan fingerprint density at radius 1 is 1.00 bits per heavy atom. The largest absolute Gasteiger partial charge is 0.480 e. The van der Waals surface area contributed by atoms with Crippen molar-refractivity contribution in [1.82, 2.24) is 4.72 Å². The van der Waals surface area contributed by atoms with Gasteiger partial charge in [0.05, 0.1) is 4.90 Å². The summed E-state index contributed by atoms with van der Waals surface area (Å²) in [5.41, 5.74) is 1.86. The minimum atomic E-state index is -4.07. The summed E-state index contributed by atoms with van der Waals surface area (Å²) in [5, 5.41) is 11.5. The summed E-state index contributed by atoms with van der Waals surface area (Å²) < 4.78 is 33.7. The predicted molar refractivity (Wildman–Crippen MR) is 111 cm³/mol. The maximum atomic E-state index is 12.9. The Balaban J connectivity index is 1.66. The highest BCUT2D eigenvalue weighted by molar-refractivity contribution is 7.89. The molecule has 4 aromatic rings. The molecule has 148 valence electrons. The van der Waals surface area contributed by atoms with Crippen molar-refractivity contribution in [2.45, 2.75) is 17.4 Å². The number of fused-ring (bicyclic) bond motifs is 3. The van der Waals surface area contributed by atoms with E-state index in [1.165, 1.54) is 12.1 Å². The lowest BCUT2D eigenvalue weighted by molar-refractivity contribution is -0.138. The molecule has 0 aliphatic rings. The molecule has 0 spiro atoms. The number of carbonyl (C=O) groups is 1. The SMILES string of the molecule is O=C(O)C(Cc1ccc(Cl)cc1)NS(=O)(=O)c1ccc2oc3ccccc3c2c1. The van der Waals surface area contributed by atoms with E-state index < -0.39 is 22.0 Å². The minimum absolute atomic E-state index is 0.0113. The molecule has 6 nitrogen and oxygen atoms in total. The number of aliphatic carboxylic acids is 1. The van der Waals surface area contributed by atoms with Gasteiger partial charge >= 0.3 is 5.97 Å². The van der Waals surface area contributed by atoms with Crippen LogP contribution in [0.15, 0.2) is 76.0 Å². The predicted octanol–water partition coefficient (Wildman–Crippen LogP) is 4.21. The molecule has 0 saturated carbocycles. The third-order valence-corrected chi connectivity index (χ3v) is 6.33. The van der Waals surface area contributed by atoms with E-state index in [0.29, 0.717) is 27.1 Å². The number of para-hydroxylation sites is 1. The Labute approximate surface area is 171 Å². The number of hydrogen-bond donors (Lipinski definition) is 2. The van der Waals surface area contributed by atoms with Crippen molar-refractivity contribution in [1.29, 1.82) is 0 Å². The van der Waals surface area contributed by atoms with E-state index in [2.05, 4.69) is 4.72 Å². The highest BCUT2D eigenvalue weighted by Gasteiger charge is 2.26. The number of nitrogens with one attached hydrogen (secondary N) is 1. The van der Waals surface area contributed by atoms with Gasteiger partial charge in [0.25, 0.3) is 0 Å². The molecule has 2 N–H and O–H groups in total. The van der Waals surface area contributed by atoms with E-state index in [0.717, 1.165) is 5.39 Å². The molecule has 4 rings (SSSR count). The highest BCUT2D eigenvalue weighted by Crippen LogP contribution is 2.30. The molecule has 1 atom stereocenters. The first kappa shape index (κ1) is 19.4. The van der Waals surface area contributed by atoms with Crippen molar-refractivity contribution in [2.75, 3.05) is 0 Å². The van der Waals surface area contributed by atoms with E-state index in [4.69, 9.17) is 16.0 Å². The van der Waals surface area contributed by atoms with Crippen LogP contribution in [0.25, 0.3) is 21.9 Å². The van der Waals surface area contributed by atoms with Gasteiger partial charge in [-0.05, 0) is 48.4 Å². The van der Waals surface area contributed by atoms with Crippen LogP contribution in [0.4, 0.5) is 0 Å². The van der Waals surface area contributed by atoms with Gasteiger partial charge in [-0.15, -0.1) is 0 Å². The van der Waals surface area contributed by atoms with Crippen LogP contribution in [0.2, 0.25) is 5.02 Å². The lowest BCUT2D eigenvalue weighted by Crippen LogP contribution is -2.42. The first-order valence-corrected chi connectivity index (χ1v) is 10.6. The molecule has 29 heavy (non-hydrogen) atoms. The normalized spacial score (nSPS) is 13.0. The number of benzene rings is 3. The second-order valence-electron chi connectivity index (χ2n) is 6.60. The summed E-state index contributed by atoms with van der Waals surface area (Å²) in [4.78, 5) is 11.6. The van der Waals surface area contributed by atoms with Gasteiger partial charge < -0.3 is 9.52 Å². The van der Waals surface area contributed by atoms with Crippen molar-refractivity contribution in [3.8, 4) is 0 Å². The lowest BCUT2D eigenvalue weighted by atomic mass is 10.1. The van der Waals surface area contributed by atoms with Crippen LogP contribution in [0.3, 0.4) is 0 Å². The standard InChI is InChI=1S/C21H16ClNO5S/c22-14-7-5-13(6-8-14)11-18(21(24)25)23-29(26,27)15-9-10-20-17(12-15)16-3-1-2-4-19(16)28-20/h1-10,12,18,23H,11H2,(H,24,25). The van der Waals surface area contributed by atoms with Gasteiger partial charge in [0.15, 0.2) is 0 Å². The first-order chi connectivity index (χ1) is 13.8. The van der Waals surface area contributed by atoms with E-state index in [9.17, 15) is 18.3 Å². The summed E-state index contributed by atoms with van der Waals surface area (Å²) in [6, 6.07) is 17.0. The maximum absolute atomic E-state index is 12.9. The van der Waals surface area contributed by atoms with Crippen LogP contribution in [-0.4, -0.2) is 25.5 Å². The van der Waals surface area contributed by atoms with Crippen LogP contribution in [-0.2, 0) is 21.2 Å². The molecule has 1 aromatic heterocycles. The third kappa shape index (κ3) is 3.98. The second kappa shape index (κ2) is 7.51. The number of halogens is 1. The Kier molecular flexibility index (Phi) is 5.04. The van der Waals surface area contributed by atoms with Crippen LogP contribution >= 0.6 is 11.6 Å². The molecular formula is C21H16ClNO5S. The zero-order valence-electron chi connectivity index (χ0n) is 15.0. The fourth-order valence-electron chi connectivity index (χ4n) is 3.16. The molecule has 8 heteroatoms. The number of sulfonamides is 1. The molecule has 0 aliphatic heterocycles. The zero-order valence-corrected chi connectivity index (χ0v) is 16.6. The number of carboxylic acid groups (broad SMARTS) is 1. The van der Waals surface area contributed by atoms with Gasteiger partial charge in [-0.2, -0.15) is 4.72 Å². The Morgan fingerprint density at radius 3 is 2.41 bits per heavy atom. The van der Waals surface area contributed by atoms with E-state index >= 15 is 0 Å². The topological polar surface area (TPSA) is 96.6 Å². The summed E-state index contributed by atoms with van der Waals surface area (Å²) in [7, 11) is -4.07. The molecule has 0 saturated heterocycles. The number of carboxylic acids is 1. The molecule has 0 aliphatic carbocycles. The summed E-state index contributed by atoms with van der Waals surface area (Å²) >= 11 is 5.84. The van der Waals surface area contributed by atoms with Crippen LogP contribution in [0.5, 0.6) is 0 Å². The van der Waals surface area contributed by atoms with Crippen molar-refractivity contribution >= 4 is 49.5 Å². The van der Waals surface area contributed by atoms with Gasteiger partial charge in [0.2, 0.25) is 10.0 Å². The number of furan rings is 1. The van der Waals surface area contributed by atoms with Gasteiger partial charge in [-0.3, -0.25) is 4.79 Å². The highest BCUT2D eigenvalue weighted by atomic mass is 35.5. The monoisotopic (exact) mass is 429 g/mol. The Morgan fingerprint density at radius 2 is 1.69 bits per heavy atom. The van der Waals surface area contributed by atoms with Crippen molar-refractivity contribution in [2.24, 2.45) is 0 Å². The van der Waals surface area contributed by atoms with Crippen LogP contribution < -0.4 is 4.72 Å². The van der Waals surface area contributed by atoms with Gasteiger partial charge in [-0.25, -0.2) is 8.42 Å². The molecule has 0 amide bonds. The van der Waals surface area contributed by atoms with Crippen LogP contribution in [0, 0.1) is 0 Å². The van der Waals surface area contributed by atoms with Gasteiger partial charge in [0, 0.05) is 15.8 Å².